The highest BCUT2D eigenvalue weighted by atomic mass is 127. The van der Waals surface area contributed by atoms with Crippen LogP contribution in [0.25, 0.3) is 0 Å². The van der Waals surface area contributed by atoms with Crippen molar-refractivity contribution in [3.8, 4) is 5.75 Å². The summed E-state index contributed by atoms with van der Waals surface area (Å²) < 4.78 is 32.6. The Morgan fingerprint density at radius 3 is 2.47 bits per heavy atom. The summed E-state index contributed by atoms with van der Waals surface area (Å²) in [6, 6.07) is 9.81. The van der Waals surface area contributed by atoms with Gasteiger partial charge in [0.05, 0.1) is 5.56 Å². The van der Waals surface area contributed by atoms with Gasteiger partial charge in [-0.1, -0.05) is 0 Å². The van der Waals surface area contributed by atoms with E-state index in [9.17, 15) is 13.6 Å². The van der Waals surface area contributed by atoms with Crippen molar-refractivity contribution in [2.24, 2.45) is 0 Å². The Bertz CT molecular complexity index is 597. The van der Waals surface area contributed by atoms with Gasteiger partial charge in [-0.25, -0.2) is 8.78 Å². The molecule has 0 heterocycles. The third-order valence-corrected chi connectivity index (χ3v) is 3.13. The van der Waals surface area contributed by atoms with E-state index in [2.05, 4.69) is 22.6 Å². The van der Waals surface area contributed by atoms with Gasteiger partial charge in [0.2, 0.25) is 5.78 Å². The number of carbonyl (C=O) groups is 1. The molecule has 0 aromatic heterocycles. The van der Waals surface area contributed by atoms with Gasteiger partial charge in [0.1, 0.15) is 17.4 Å². The van der Waals surface area contributed by atoms with E-state index in [1.165, 1.54) is 0 Å². The molecule has 0 saturated heterocycles. The van der Waals surface area contributed by atoms with Crippen LogP contribution in [0, 0.1) is 15.2 Å². The number of Topliss-reactive ketones (excluding diaryl/α,β-unsaturated/α-hetero) is 1. The summed E-state index contributed by atoms with van der Waals surface area (Å²) in [5.41, 5.74) is -0.300. The van der Waals surface area contributed by atoms with Crippen molar-refractivity contribution in [3.05, 3.63) is 63.2 Å². The molecule has 5 heteroatoms. The fraction of sp³-hybridized carbons (Fsp3) is 0.0714. The van der Waals surface area contributed by atoms with Gasteiger partial charge in [-0.2, -0.15) is 0 Å². The van der Waals surface area contributed by atoms with Gasteiger partial charge in [-0.3, -0.25) is 4.79 Å². The molecule has 0 unspecified atom stereocenters. The molecule has 2 nitrogen and oxygen atoms in total. The Labute approximate surface area is 122 Å². The zero-order valence-electron chi connectivity index (χ0n) is 9.70. The highest BCUT2D eigenvalue weighted by molar-refractivity contribution is 14.1. The number of hydrogen-bond donors (Lipinski definition) is 0. The van der Waals surface area contributed by atoms with Crippen LogP contribution in [-0.2, 0) is 0 Å². The lowest BCUT2D eigenvalue weighted by Gasteiger charge is -2.06. The van der Waals surface area contributed by atoms with Crippen LogP contribution in [0.15, 0.2) is 42.5 Å². The minimum Gasteiger partial charge on any atom is -0.485 e. The van der Waals surface area contributed by atoms with E-state index in [1.807, 2.05) is 12.1 Å². The van der Waals surface area contributed by atoms with Crippen molar-refractivity contribution in [2.75, 3.05) is 6.61 Å². The second-order valence-corrected chi connectivity index (χ2v) is 5.04. The van der Waals surface area contributed by atoms with Crippen molar-refractivity contribution < 1.29 is 18.3 Å². The quantitative estimate of drug-likeness (QED) is 0.601. The van der Waals surface area contributed by atoms with E-state index in [-0.39, 0.29) is 12.2 Å². The van der Waals surface area contributed by atoms with E-state index in [4.69, 9.17) is 4.74 Å². The minimum atomic E-state index is -0.752. The molecular formula is C14H9F2IO2. The highest BCUT2D eigenvalue weighted by Gasteiger charge is 2.13. The summed E-state index contributed by atoms with van der Waals surface area (Å²) in [4.78, 5) is 11.7. The number of hydrogen-bond acceptors (Lipinski definition) is 2. The Hall–Kier alpha value is -1.50. The van der Waals surface area contributed by atoms with E-state index in [0.717, 1.165) is 21.8 Å². The van der Waals surface area contributed by atoms with E-state index in [1.54, 1.807) is 12.1 Å². The Morgan fingerprint density at radius 1 is 1.11 bits per heavy atom. The van der Waals surface area contributed by atoms with Crippen LogP contribution < -0.4 is 4.74 Å². The first-order valence-corrected chi connectivity index (χ1v) is 6.51. The number of carbonyl (C=O) groups excluding carboxylic acids is 1. The zero-order valence-corrected chi connectivity index (χ0v) is 11.9. The van der Waals surface area contributed by atoms with Crippen molar-refractivity contribution in [1.29, 1.82) is 0 Å². The molecule has 2 rings (SSSR count). The molecule has 98 valence electrons. The average Bonchev–Trinajstić information content (AvgIpc) is 2.40. The third kappa shape index (κ3) is 3.73. The van der Waals surface area contributed by atoms with Gasteiger partial charge in [0.25, 0.3) is 0 Å². The molecule has 0 amide bonds. The van der Waals surface area contributed by atoms with Gasteiger partial charge >= 0.3 is 0 Å². The van der Waals surface area contributed by atoms with E-state index in [0.29, 0.717) is 5.75 Å². The maximum atomic E-state index is 13.4. The van der Waals surface area contributed by atoms with Crippen molar-refractivity contribution in [2.45, 2.75) is 0 Å². The second-order valence-electron chi connectivity index (χ2n) is 3.79. The molecule has 0 N–H and O–H groups in total. The van der Waals surface area contributed by atoms with Crippen molar-refractivity contribution in [3.63, 3.8) is 0 Å². The highest BCUT2D eigenvalue weighted by Crippen LogP contribution is 2.15. The lowest BCUT2D eigenvalue weighted by Crippen LogP contribution is -2.13. The van der Waals surface area contributed by atoms with Crippen LogP contribution in [0.2, 0.25) is 0 Å². The summed E-state index contributed by atoms with van der Waals surface area (Å²) >= 11 is 2.14. The molecule has 0 aliphatic rings. The molecule has 0 radical (unpaired) electrons. The number of ether oxygens (including phenoxy) is 1. The van der Waals surface area contributed by atoms with Crippen LogP contribution in [0.3, 0.4) is 0 Å². The molecular weight excluding hydrogens is 365 g/mol. The molecule has 0 fully saturated rings. The molecule has 2 aromatic carbocycles. The Morgan fingerprint density at radius 2 is 1.79 bits per heavy atom. The van der Waals surface area contributed by atoms with Gasteiger partial charge in [0.15, 0.2) is 6.61 Å². The molecule has 0 aliphatic carbocycles. The molecule has 0 saturated carbocycles. The maximum absolute atomic E-state index is 13.4. The molecule has 0 spiro atoms. The molecule has 0 bridgehead atoms. The second kappa shape index (κ2) is 6.10. The van der Waals surface area contributed by atoms with Crippen LogP contribution >= 0.6 is 22.6 Å². The fourth-order valence-corrected chi connectivity index (χ4v) is 1.83. The van der Waals surface area contributed by atoms with Crippen LogP contribution in [0.5, 0.6) is 5.75 Å². The van der Waals surface area contributed by atoms with Crippen LogP contribution in [-0.4, -0.2) is 12.4 Å². The first-order valence-electron chi connectivity index (χ1n) is 5.43. The molecule has 0 aliphatic heterocycles. The normalized spacial score (nSPS) is 10.3. The summed E-state index contributed by atoms with van der Waals surface area (Å²) in [7, 11) is 0. The lowest BCUT2D eigenvalue weighted by atomic mass is 10.1. The molecule has 19 heavy (non-hydrogen) atoms. The maximum Gasteiger partial charge on any atom is 0.203 e. The van der Waals surface area contributed by atoms with Gasteiger partial charge in [-0.05, 0) is 65.1 Å². The van der Waals surface area contributed by atoms with Gasteiger partial charge < -0.3 is 4.74 Å². The monoisotopic (exact) mass is 374 g/mol. The summed E-state index contributed by atoms with van der Waals surface area (Å²) in [6.45, 7) is -0.332. The molecule has 2 aromatic rings. The summed E-state index contributed by atoms with van der Waals surface area (Å²) in [6.07, 6.45) is 0. The van der Waals surface area contributed by atoms with Crippen molar-refractivity contribution >= 4 is 28.4 Å². The number of ketones is 1. The summed E-state index contributed by atoms with van der Waals surface area (Å²) in [5.74, 6) is -1.50. The standard InChI is InChI=1S/C14H9F2IO2/c15-9-1-6-13(16)12(7-9)14(18)8-19-11-4-2-10(17)3-5-11/h1-7H,8H2. The topological polar surface area (TPSA) is 26.3 Å². The first kappa shape index (κ1) is 13.9. The Kier molecular flexibility index (Phi) is 4.47. The van der Waals surface area contributed by atoms with Crippen LogP contribution in [0.4, 0.5) is 8.78 Å². The number of benzene rings is 2. The van der Waals surface area contributed by atoms with E-state index < -0.39 is 17.4 Å². The average molecular weight is 374 g/mol. The van der Waals surface area contributed by atoms with Gasteiger partial charge in [-0.15, -0.1) is 0 Å². The fourth-order valence-electron chi connectivity index (χ4n) is 1.47. The first-order chi connectivity index (χ1) is 9.06. The van der Waals surface area contributed by atoms with Gasteiger partial charge in [0, 0.05) is 3.57 Å². The minimum absolute atomic E-state index is 0.300. The Balaban J connectivity index is 2.05. The smallest absolute Gasteiger partial charge is 0.203 e. The summed E-state index contributed by atoms with van der Waals surface area (Å²) in [5, 5.41) is 0. The zero-order chi connectivity index (χ0) is 13.8. The SMILES string of the molecule is O=C(COc1ccc(I)cc1)c1cc(F)ccc1F. The predicted molar refractivity (Wildman–Crippen MR) is 75.3 cm³/mol. The van der Waals surface area contributed by atoms with Crippen LogP contribution in [0.1, 0.15) is 10.4 Å². The number of halogens is 3. The van der Waals surface area contributed by atoms with E-state index >= 15 is 0 Å². The lowest BCUT2D eigenvalue weighted by molar-refractivity contribution is 0.0917. The molecule has 0 atom stereocenters. The third-order valence-electron chi connectivity index (χ3n) is 2.41. The number of rotatable bonds is 4. The largest absolute Gasteiger partial charge is 0.485 e. The predicted octanol–water partition coefficient (Wildman–Crippen LogP) is 3.83. The van der Waals surface area contributed by atoms with Crippen molar-refractivity contribution in [1.82, 2.24) is 0 Å².